The van der Waals surface area contributed by atoms with Crippen LogP contribution in [0.5, 0.6) is 0 Å². The fraction of sp³-hybridized carbons (Fsp3) is 0.444. The molecule has 0 saturated heterocycles. The van der Waals surface area contributed by atoms with Crippen LogP contribution in [0.2, 0.25) is 0 Å². The van der Waals surface area contributed by atoms with Gasteiger partial charge in [0.1, 0.15) is 9.21 Å². The maximum absolute atomic E-state index is 12.8. The van der Waals surface area contributed by atoms with Crippen LogP contribution < -0.4 is 0 Å². The van der Waals surface area contributed by atoms with Crippen LogP contribution in [-0.4, -0.2) is 11.2 Å². The number of alkyl halides is 3. The summed E-state index contributed by atoms with van der Waals surface area (Å²) in [5, 5.41) is 0. The first-order chi connectivity index (χ1) is 6.85. The molecule has 0 aliphatic heterocycles. The molecule has 82 valence electrons. The summed E-state index contributed by atoms with van der Waals surface area (Å²) < 4.78 is 39.2. The Morgan fingerprint density at radius 1 is 1.13 bits per heavy atom. The third-order valence-corrected chi connectivity index (χ3v) is 3.42. The Morgan fingerprint density at radius 2 is 1.60 bits per heavy atom. The van der Waals surface area contributed by atoms with Gasteiger partial charge in [-0.25, -0.2) is 4.98 Å². The van der Waals surface area contributed by atoms with Gasteiger partial charge in [0.15, 0.2) is 0 Å². The molecule has 1 aromatic heterocycles. The molecule has 1 fully saturated rings. The van der Waals surface area contributed by atoms with Gasteiger partial charge in [-0.3, -0.25) is 0 Å². The molecule has 15 heavy (non-hydrogen) atoms. The smallest absolute Gasteiger partial charge is 0.234 e. The van der Waals surface area contributed by atoms with Gasteiger partial charge in [0.25, 0.3) is 0 Å². The highest BCUT2D eigenvalue weighted by Crippen LogP contribution is 2.59. The highest BCUT2D eigenvalue weighted by Gasteiger charge is 2.64. The van der Waals surface area contributed by atoms with Crippen molar-refractivity contribution >= 4 is 31.9 Å². The van der Waals surface area contributed by atoms with Crippen molar-refractivity contribution in [1.82, 2.24) is 4.98 Å². The quantitative estimate of drug-likeness (QED) is 0.696. The molecule has 1 heterocycles. The van der Waals surface area contributed by atoms with Crippen molar-refractivity contribution in [2.45, 2.75) is 24.4 Å². The Balaban J connectivity index is 2.46. The van der Waals surface area contributed by atoms with E-state index in [2.05, 4.69) is 36.8 Å². The van der Waals surface area contributed by atoms with E-state index in [9.17, 15) is 13.2 Å². The monoisotopic (exact) mass is 343 g/mol. The summed E-state index contributed by atoms with van der Waals surface area (Å²) in [5.74, 6) is 0. The lowest BCUT2D eigenvalue weighted by molar-refractivity contribution is -0.160. The van der Waals surface area contributed by atoms with E-state index in [1.807, 2.05) is 0 Å². The van der Waals surface area contributed by atoms with Gasteiger partial charge in [0.05, 0.1) is 5.41 Å². The van der Waals surface area contributed by atoms with Gasteiger partial charge >= 0.3 is 6.18 Å². The van der Waals surface area contributed by atoms with Crippen LogP contribution in [0.1, 0.15) is 18.4 Å². The van der Waals surface area contributed by atoms with Crippen molar-refractivity contribution < 1.29 is 13.2 Å². The van der Waals surface area contributed by atoms with Crippen LogP contribution in [0.3, 0.4) is 0 Å². The lowest BCUT2D eigenvalue weighted by atomic mass is 9.97. The normalized spacial score (nSPS) is 19.0. The van der Waals surface area contributed by atoms with E-state index < -0.39 is 11.6 Å². The predicted octanol–water partition coefficient (Wildman–Crippen LogP) is 4.20. The van der Waals surface area contributed by atoms with Crippen LogP contribution in [0.4, 0.5) is 13.2 Å². The minimum atomic E-state index is -4.17. The predicted molar refractivity (Wildman–Crippen MR) is 56.6 cm³/mol. The second-order valence-corrected chi connectivity index (χ2v) is 5.21. The average Bonchev–Trinajstić information content (AvgIpc) is 2.79. The first-order valence-corrected chi connectivity index (χ1v) is 5.84. The molecule has 0 N–H and O–H groups in total. The van der Waals surface area contributed by atoms with Crippen molar-refractivity contribution in [2.24, 2.45) is 0 Å². The zero-order valence-electron chi connectivity index (χ0n) is 7.41. The third kappa shape index (κ3) is 1.93. The highest BCUT2D eigenvalue weighted by molar-refractivity contribution is 9.11. The van der Waals surface area contributed by atoms with Crippen molar-refractivity contribution in [1.29, 1.82) is 0 Å². The zero-order chi connectivity index (χ0) is 11.3. The van der Waals surface area contributed by atoms with E-state index >= 15 is 0 Å². The molecule has 0 unspecified atom stereocenters. The van der Waals surface area contributed by atoms with E-state index in [4.69, 9.17) is 0 Å². The first kappa shape index (κ1) is 11.4. The Bertz CT molecular complexity index is 379. The molecule has 6 heteroatoms. The molecular formula is C9H6Br2F3N. The molecule has 1 saturated carbocycles. The van der Waals surface area contributed by atoms with Crippen LogP contribution in [0, 0.1) is 0 Å². The molecule has 0 bridgehead atoms. The standard InChI is InChI=1S/C9H6Br2F3N/c10-6-3-5(4-7(11)15-6)8(1-2-8)9(12,13)14/h3-4H,1-2H2. The second kappa shape index (κ2) is 3.45. The second-order valence-electron chi connectivity index (χ2n) is 3.58. The minimum Gasteiger partial charge on any atom is -0.234 e. The van der Waals surface area contributed by atoms with Gasteiger partial charge in [-0.2, -0.15) is 13.2 Å². The van der Waals surface area contributed by atoms with Gasteiger partial charge in [-0.15, -0.1) is 0 Å². The fourth-order valence-corrected chi connectivity index (χ4v) is 2.72. The molecule has 0 atom stereocenters. The molecule has 1 aliphatic carbocycles. The average molecular weight is 345 g/mol. The van der Waals surface area contributed by atoms with E-state index in [0.717, 1.165) is 0 Å². The fourth-order valence-electron chi connectivity index (χ4n) is 1.60. The molecule has 0 aromatic carbocycles. The maximum Gasteiger partial charge on any atom is 0.398 e. The van der Waals surface area contributed by atoms with Crippen LogP contribution in [0.25, 0.3) is 0 Å². The molecule has 0 spiro atoms. The number of aromatic nitrogens is 1. The van der Waals surface area contributed by atoms with Crippen molar-refractivity contribution in [3.05, 3.63) is 26.9 Å². The first-order valence-electron chi connectivity index (χ1n) is 4.25. The van der Waals surface area contributed by atoms with Crippen molar-refractivity contribution in [2.75, 3.05) is 0 Å². The summed E-state index contributed by atoms with van der Waals surface area (Å²) in [6, 6.07) is 2.87. The van der Waals surface area contributed by atoms with Gasteiger partial charge < -0.3 is 0 Å². The topological polar surface area (TPSA) is 12.9 Å². The Morgan fingerprint density at radius 3 is 1.93 bits per heavy atom. The number of rotatable bonds is 1. The van der Waals surface area contributed by atoms with Gasteiger partial charge in [-0.1, -0.05) is 0 Å². The van der Waals surface area contributed by atoms with Crippen molar-refractivity contribution in [3.8, 4) is 0 Å². The maximum atomic E-state index is 12.8. The Hall–Kier alpha value is -0.100. The van der Waals surface area contributed by atoms with E-state index in [-0.39, 0.29) is 18.4 Å². The largest absolute Gasteiger partial charge is 0.398 e. The minimum absolute atomic E-state index is 0.166. The van der Waals surface area contributed by atoms with E-state index in [0.29, 0.717) is 9.21 Å². The van der Waals surface area contributed by atoms with Gasteiger partial charge in [0, 0.05) is 0 Å². The summed E-state index contributed by atoms with van der Waals surface area (Å²) >= 11 is 6.18. The molecule has 0 radical (unpaired) electrons. The summed E-state index contributed by atoms with van der Waals surface area (Å²) in [4.78, 5) is 3.92. The summed E-state index contributed by atoms with van der Waals surface area (Å²) in [5.41, 5.74) is -1.36. The number of nitrogens with zero attached hydrogens (tertiary/aromatic N) is 1. The highest BCUT2D eigenvalue weighted by atomic mass is 79.9. The SMILES string of the molecule is FC(F)(F)C1(c2cc(Br)nc(Br)c2)CC1. The molecule has 1 nitrogen and oxygen atoms in total. The van der Waals surface area contributed by atoms with Gasteiger partial charge in [0.2, 0.25) is 0 Å². The third-order valence-electron chi connectivity index (χ3n) is 2.61. The lowest BCUT2D eigenvalue weighted by Crippen LogP contribution is -2.28. The lowest BCUT2D eigenvalue weighted by Gasteiger charge is -2.19. The summed E-state index contributed by atoms with van der Waals surface area (Å²) in [6.07, 6.45) is -3.84. The van der Waals surface area contributed by atoms with Crippen LogP contribution >= 0.6 is 31.9 Å². The molecule has 1 aromatic rings. The summed E-state index contributed by atoms with van der Waals surface area (Å²) in [7, 11) is 0. The number of hydrogen-bond donors (Lipinski definition) is 0. The Kier molecular flexibility index (Phi) is 2.62. The van der Waals surface area contributed by atoms with Crippen molar-refractivity contribution in [3.63, 3.8) is 0 Å². The van der Waals surface area contributed by atoms with Crippen LogP contribution in [-0.2, 0) is 5.41 Å². The molecule has 0 amide bonds. The van der Waals surface area contributed by atoms with E-state index in [1.165, 1.54) is 12.1 Å². The number of halogens is 5. The number of hydrogen-bond acceptors (Lipinski definition) is 1. The van der Waals surface area contributed by atoms with Gasteiger partial charge in [-0.05, 0) is 62.4 Å². The molecular weight excluding hydrogens is 339 g/mol. The molecule has 1 aliphatic rings. The number of pyridine rings is 1. The van der Waals surface area contributed by atoms with Crippen LogP contribution in [0.15, 0.2) is 21.3 Å². The summed E-state index contributed by atoms with van der Waals surface area (Å²) in [6.45, 7) is 0. The molecule has 2 rings (SSSR count). The Labute approximate surface area is 101 Å². The van der Waals surface area contributed by atoms with E-state index in [1.54, 1.807) is 0 Å². The zero-order valence-corrected chi connectivity index (χ0v) is 10.6.